The summed E-state index contributed by atoms with van der Waals surface area (Å²) in [5.74, 6) is 0.332. The summed E-state index contributed by atoms with van der Waals surface area (Å²) in [5, 5.41) is 3.11. The number of amidine groups is 1. The standard InChI is InChI=1S/C17H20FN7O2S/c1-27-12-9-22-13(14(19)24-12)15(26)23-10-2-6-21-11(8-10)17(3-5-18)4-7-28-16(20)25-17/h2,6,8-9H,3-5,7H2,1H3,(H2,19,24)(H2,20,25)(H,21,23,26)/t17-/m0/s1. The van der Waals surface area contributed by atoms with Gasteiger partial charge in [-0.05, 0) is 18.6 Å². The van der Waals surface area contributed by atoms with E-state index in [-0.39, 0.29) is 23.8 Å². The molecule has 2 aromatic rings. The topological polar surface area (TPSA) is 141 Å². The van der Waals surface area contributed by atoms with Gasteiger partial charge >= 0.3 is 0 Å². The van der Waals surface area contributed by atoms with Crippen molar-refractivity contribution in [3.05, 3.63) is 35.9 Å². The fourth-order valence-electron chi connectivity index (χ4n) is 2.89. The molecule has 0 fully saturated rings. The molecule has 0 radical (unpaired) electrons. The number of halogens is 1. The van der Waals surface area contributed by atoms with Gasteiger partial charge in [-0.2, -0.15) is 4.98 Å². The van der Waals surface area contributed by atoms with Gasteiger partial charge in [0.2, 0.25) is 5.88 Å². The van der Waals surface area contributed by atoms with E-state index < -0.39 is 18.1 Å². The zero-order valence-corrected chi connectivity index (χ0v) is 16.0. The van der Waals surface area contributed by atoms with Crippen molar-refractivity contribution in [3.8, 4) is 5.88 Å². The summed E-state index contributed by atoms with van der Waals surface area (Å²) >= 11 is 1.43. The van der Waals surface area contributed by atoms with Crippen LogP contribution in [0.4, 0.5) is 15.9 Å². The molecule has 3 heterocycles. The SMILES string of the molecule is COc1cnc(C(=O)Nc2ccnc([C@]3(CCF)CCSC(N)=N3)c2)c(N)n1. The minimum absolute atomic E-state index is 0.0334. The van der Waals surface area contributed by atoms with Crippen molar-refractivity contribution in [2.24, 2.45) is 10.7 Å². The second-order valence-electron chi connectivity index (χ2n) is 6.05. The minimum Gasteiger partial charge on any atom is -0.480 e. The number of methoxy groups -OCH3 is 1. The van der Waals surface area contributed by atoms with Crippen LogP contribution in [-0.2, 0) is 5.54 Å². The van der Waals surface area contributed by atoms with E-state index in [2.05, 4.69) is 25.3 Å². The Bertz CT molecular complexity index is 911. The lowest BCUT2D eigenvalue weighted by Gasteiger charge is -2.32. The molecule has 0 aliphatic carbocycles. The van der Waals surface area contributed by atoms with E-state index in [1.807, 2.05) is 0 Å². The lowest BCUT2D eigenvalue weighted by Crippen LogP contribution is -2.33. The lowest BCUT2D eigenvalue weighted by molar-refractivity contribution is 0.102. The zero-order valence-electron chi connectivity index (χ0n) is 15.2. The number of ether oxygens (including phenoxy) is 1. The van der Waals surface area contributed by atoms with Crippen LogP contribution in [0.25, 0.3) is 0 Å². The first kappa shape index (κ1) is 19.8. The maximum Gasteiger partial charge on any atom is 0.278 e. The van der Waals surface area contributed by atoms with Crippen LogP contribution in [0.5, 0.6) is 5.88 Å². The fraction of sp³-hybridized carbons (Fsp3) is 0.353. The Kier molecular flexibility index (Phi) is 5.93. The van der Waals surface area contributed by atoms with Crippen molar-refractivity contribution < 1.29 is 13.9 Å². The average Bonchev–Trinajstić information content (AvgIpc) is 2.68. The predicted molar refractivity (Wildman–Crippen MR) is 106 cm³/mol. The van der Waals surface area contributed by atoms with Crippen molar-refractivity contribution in [2.45, 2.75) is 18.4 Å². The molecule has 1 atom stereocenters. The van der Waals surface area contributed by atoms with Crippen molar-refractivity contribution in [2.75, 3.05) is 30.6 Å². The number of aromatic nitrogens is 3. The summed E-state index contributed by atoms with van der Waals surface area (Å²) < 4.78 is 18.1. The maximum absolute atomic E-state index is 13.2. The van der Waals surface area contributed by atoms with Gasteiger partial charge < -0.3 is 21.5 Å². The highest BCUT2D eigenvalue weighted by Gasteiger charge is 2.36. The molecule has 0 saturated heterocycles. The summed E-state index contributed by atoms with van der Waals surface area (Å²) in [6, 6.07) is 3.27. The number of anilines is 2. The third-order valence-corrected chi connectivity index (χ3v) is 5.09. The van der Waals surface area contributed by atoms with E-state index >= 15 is 0 Å². The Hall–Kier alpha value is -2.95. The van der Waals surface area contributed by atoms with Gasteiger partial charge in [0, 0.05) is 24.1 Å². The number of carbonyl (C=O) groups is 1. The number of rotatable bonds is 6. The van der Waals surface area contributed by atoms with Crippen molar-refractivity contribution in [1.29, 1.82) is 0 Å². The summed E-state index contributed by atoms with van der Waals surface area (Å²) in [6.07, 6.45) is 3.59. The Labute approximate surface area is 165 Å². The van der Waals surface area contributed by atoms with Gasteiger partial charge in [0.25, 0.3) is 5.91 Å². The van der Waals surface area contributed by atoms with Crippen LogP contribution in [-0.4, -0.2) is 45.6 Å². The molecular formula is C17H20FN7O2S. The number of nitrogen functional groups attached to an aromatic ring is 1. The summed E-state index contributed by atoms with van der Waals surface area (Å²) in [6.45, 7) is -0.558. The number of hydrogen-bond donors (Lipinski definition) is 3. The summed E-state index contributed by atoms with van der Waals surface area (Å²) in [7, 11) is 1.42. The molecule has 0 spiro atoms. The smallest absolute Gasteiger partial charge is 0.278 e. The molecule has 0 unspecified atom stereocenters. The van der Waals surface area contributed by atoms with E-state index in [1.165, 1.54) is 31.3 Å². The van der Waals surface area contributed by atoms with Crippen LogP contribution in [0.15, 0.2) is 29.5 Å². The van der Waals surface area contributed by atoms with E-state index in [9.17, 15) is 9.18 Å². The monoisotopic (exact) mass is 405 g/mol. The zero-order chi connectivity index (χ0) is 20.1. The van der Waals surface area contributed by atoms with Gasteiger partial charge in [0.15, 0.2) is 16.7 Å². The summed E-state index contributed by atoms with van der Waals surface area (Å²) in [5.41, 5.74) is 11.8. The maximum atomic E-state index is 13.2. The van der Waals surface area contributed by atoms with E-state index in [0.717, 1.165) is 0 Å². The quantitative estimate of drug-likeness (QED) is 0.659. The largest absolute Gasteiger partial charge is 0.480 e. The number of nitrogens with zero attached hydrogens (tertiary/aromatic N) is 4. The number of carbonyl (C=O) groups excluding carboxylic acids is 1. The molecule has 148 valence electrons. The van der Waals surface area contributed by atoms with Crippen LogP contribution in [0, 0.1) is 0 Å². The molecule has 11 heteroatoms. The Morgan fingerprint density at radius 1 is 1.43 bits per heavy atom. The van der Waals surface area contributed by atoms with Crippen LogP contribution >= 0.6 is 11.8 Å². The van der Waals surface area contributed by atoms with Gasteiger partial charge in [0.05, 0.1) is 25.7 Å². The number of alkyl halides is 1. The molecule has 9 nitrogen and oxygen atoms in total. The van der Waals surface area contributed by atoms with Crippen LogP contribution in [0.1, 0.15) is 29.0 Å². The molecule has 1 amide bonds. The molecule has 1 aliphatic rings. The number of amides is 1. The minimum atomic E-state index is -0.843. The first-order chi connectivity index (χ1) is 13.5. The molecule has 0 aromatic carbocycles. The highest BCUT2D eigenvalue weighted by molar-refractivity contribution is 8.13. The Balaban J connectivity index is 1.87. The van der Waals surface area contributed by atoms with E-state index in [4.69, 9.17) is 16.2 Å². The Morgan fingerprint density at radius 3 is 2.93 bits per heavy atom. The lowest BCUT2D eigenvalue weighted by atomic mass is 9.88. The average molecular weight is 405 g/mol. The second-order valence-corrected chi connectivity index (χ2v) is 7.16. The third-order valence-electron chi connectivity index (χ3n) is 4.29. The van der Waals surface area contributed by atoms with Gasteiger partial charge in [-0.25, -0.2) is 9.98 Å². The predicted octanol–water partition coefficient (Wildman–Crippen LogP) is 1.72. The molecule has 1 aliphatic heterocycles. The van der Waals surface area contributed by atoms with Crippen molar-refractivity contribution >= 4 is 34.3 Å². The number of hydrogen-bond acceptors (Lipinski definition) is 9. The molecule has 5 N–H and O–H groups in total. The van der Waals surface area contributed by atoms with Gasteiger partial charge in [-0.15, -0.1) is 0 Å². The van der Waals surface area contributed by atoms with E-state index in [0.29, 0.717) is 28.7 Å². The number of thioether (sulfide) groups is 1. The number of nitrogens with two attached hydrogens (primary N) is 2. The number of nitrogens with one attached hydrogen (secondary N) is 1. The van der Waals surface area contributed by atoms with Crippen LogP contribution in [0.3, 0.4) is 0 Å². The normalized spacial score (nSPS) is 19.0. The number of pyridine rings is 1. The van der Waals surface area contributed by atoms with Crippen LogP contribution < -0.4 is 21.5 Å². The summed E-state index contributed by atoms with van der Waals surface area (Å²) in [4.78, 5) is 29.2. The van der Waals surface area contributed by atoms with Crippen LogP contribution in [0.2, 0.25) is 0 Å². The van der Waals surface area contributed by atoms with Crippen molar-refractivity contribution in [3.63, 3.8) is 0 Å². The third kappa shape index (κ3) is 4.14. The van der Waals surface area contributed by atoms with Gasteiger partial charge in [-0.1, -0.05) is 11.8 Å². The molecular weight excluding hydrogens is 385 g/mol. The Morgan fingerprint density at radius 2 is 2.25 bits per heavy atom. The van der Waals surface area contributed by atoms with Crippen molar-refractivity contribution in [1.82, 2.24) is 15.0 Å². The molecule has 0 saturated carbocycles. The number of aliphatic imine (C=N–C) groups is 1. The van der Waals surface area contributed by atoms with E-state index in [1.54, 1.807) is 12.1 Å². The molecule has 0 bridgehead atoms. The highest BCUT2D eigenvalue weighted by atomic mass is 32.2. The van der Waals surface area contributed by atoms with Gasteiger partial charge in [-0.3, -0.25) is 14.2 Å². The molecule has 3 rings (SSSR count). The fourth-order valence-corrected chi connectivity index (χ4v) is 3.78. The molecule has 2 aromatic heterocycles. The van der Waals surface area contributed by atoms with Gasteiger partial charge in [0.1, 0.15) is 5.54 Å². The highest BCUT2D eigenvalue weighted by Crippen LogP contribution is 2.38. The first-order valence-corrected chi connectivity index (χ1v) is 9.44. The molecule has 28 heavy (non-hydrogen) atoms. The first-order valence-electron chi connectivity index (χ1n) is 8.46. The second kappa shape index (κ2) is 8.38.